The first kappa shape index (κ1) is 20.2. The van der Waals surface area contributed by atoms with Crippen LogP contribution in [0.15, 0.2) is 67.4 Å². The topological polar surface area (TPSA) is 107 Å². The maximum atomic E-state index is 12.1. The predicted octanol–water partition coefficient (Wildman–Crippen LogP) is 3.82. The molecular formula is C16H18N3O5S2-. The normalized spacial score (nSPS) is 13.3. The summed E-state index contributed by atoms with van der Waals surface area (Å²) in [4.78, 5) is -0.115. The quantitative estimate of drug-likeness (QED) is 0.383. The van der Waals surface area contributed by atoms with Gasteiger partial charge in [-0.2, -0.15) is 10.2 Å². The van der Waals surface area contributed by atoms with E-state index in [1.54, 1.807) is 0 Å². The van der Waals surface area contributed by atoms with Crippen LogP contribution in [0.1, 0.15) is 5.56 Å². The Labute approximate surface area is 154 Å². The molecule has 0 aromatic heterocycles. The van der Waals surface area contributed by atoms with Crippen molar-refractivity contribution in [3.63, 3.8) is 0 Å². The van der Waals surface area contributed by atoms with Crippen molar-refractivity contribution in [3.05, 3.63) is 54.1 Å². The Morgan fingerprint density at radius 1 is 0.923 bits per heavy atom. The summed E-state index contributed by atoms with van der Waals surface area (Å²) in [6, 6.07) is 13.1. The second kappa shape index (κ2) is 9.53. The van der Waals surface area contributed by atoms with E-state index < -0.39 is 20.9 Å². The van der Waals surface area contributed by atoms with Crippen LogP contribution in [0.2, 0.25) is 0 Å². The molecule has 10 heteroatoms. The van der Waals surface area contributed by atoms with E-state index in [1.165, 1.54) is 31.4 Å². The number of ether oxygens (including phenoxy) is 1. The zero-order valence-electron chi connectivity index (χ0n) is 14.2. The Kier molecular flexibility index (Phi) is 7.39. The van der Waals surface area contributed by atoms with Crippen LogP contribution in [-0.2, 0) is 34.0 Å². The van der Waals surface area contributed by atoms with E-state index in [9.17, 15) is 12.6 Å². The number of hydrogen-bond donors (Lipinski definition) is 0. The van der Waals surface area contributed by atoms with E-state index in [-0.39, 0.29) is 18.1 Å². The lowest BCUT2D eigenvalue weighted by Crippen LogP contribution is -2.02. The fourth-order valence-electron chi connectivity index (χ4n) is 1.74. The van der Waals surface area contributed by atoms with Crippen LogP contribution < -0.4 is 0 Å². The van der Waals surface area contributed by atoms with Crippen molar-refractivity contribution in [2.45, 2.75) is 11.8 Å². The van der Waals surface area contributed by atoms with Gasteiger partial charge < -0.3 is 13.1 Å². The number of aryl methyl sites for hydroxylation is 1. The summed E-state index contributed by atoms with van der Waals surface area (Å²) in [6.45, 7) is 2.13. The maximum Gasteiger partial charge on any atom is 0.262 e. The standard InChI is InChI=1S/C16H18N3O5S2/c1-13-3-5-14(6-4-13)17-18-15-7-9-16(10-8-15)26(21,22)19-25(20)24-12-11-23-2/h3-10H,11-12H2,1-2H3/q-1. The lowest BCUT2D eigenvalue weighted by atomic mass is 10.2. The van der Waals surface area contributed by atoms with Gasteiger partial charge >= 0.3 is 0 Å². The number of azo groups is 1. The Morgan fingerprint density at radius 3 is 2.00 bits per heavy atom. The number of nitrogens with zero attached hydrogens (tertiary/aromatic N) is 3. The first-order chi connectivity index (χ1) is 12.4. The number of sulfonamides is 1. The summed E-state index contributed by atoms with van der Waals surface area (Å²) in [5, 5.41) is 8.11. The Balaban J connectivity index is 2.09. The Hall–Kier alpha value is -2.14. The minimum absolute atomic E-state index is 0.0273. The van der Waals surface area contributed by atoms with Gasteiger partial charge in [0.25, 0.3) is 10.0 Å². The van der Waals surface area contributed by atoms with E-state index in [2.05, 4.69) is 14.0 Å². The second-order valence-corrected chi connectivity index (χ2v) is 7.80. The highest BCUT2D eigenvalue weighted by atomic mass is 32.3. The van der Waals surface area contributed by atoms with Crippen molar-refractivity contribution >= 4 is 32.3 Å². The molecule has 8 nitrogen and oxygen atoms in total. The molecule has 140 valence electrons. The van der Waals surface area contributed by atoms with Gasteiger partial charge in [-0.1, -0.05) is 17.7 Å². The molecule has 0 aliphatic carbocycles. The maximum absolute atomic E-state index is 12.1. The molecule has 0 aliphatic rings. The molecule has 2 rings (SSSR count). The van der Waals surface area contributed by atoms with E-state index in [1.807, 2.05) is 31.2 Å². The Morgan fingerprint density at radius 2 is 1.46 bits per heavy atom. The van der Waals surface area contributed by atoms with Crippen LogP contribution in [0, 0.1) is 6.92 Å². The fraction of sp³-hybridized carbons (Fsp3) is 0.250. The van der Waals surface area contributed by atoms with Crippen LogP contribution in [0.4, 0.5) is 11.4 Å². The van der Waals surface area contributed by atoms with E-state index in [0.717, 1.165) is 5.56 Å². The molecule has 0 aliphatic heterocycles. The fourth-order valence-corrected chi connectivity index (χ4v) is 3.59. The van der Waals surface area contributed by atoms with Gasteiger partial charge in [-0.05, 0) is 54.2 Å². The number of benzene rings is 2. The molecule has 0 atom stereocenters. The van der Waals surface area contributed by atoms with Crippen LogP contribution in [-0.4, -0.2) is 28.7 Å². The molecule has 0 saturated heterocycles. The van der Waals surface area contributed by atoms with Crippen molar-refractivity contribution < 1.29 is 21.5 Å². The average Bonchev–Trinajstić information content (AvgIpc) is 2.61. The molecule has 0 N–H and O–H groups in total. The van der Waals surface area contributed by atoms with Gasteiger partial charge in [-0.3, -0.25) is 3.77 Å². The van der Waals surface area contributed by atoms with E-state index in [0.29, 0.717) is 11.4 Å². The number of rotatable bonds is 8. The highest BCUT2D eigenvalue weighted by Crippen LogP contribution is 2.21. The lowest BCUT2D eigenvalue weighted by molar-refractivity contribution is 0.154. The zero-order valence-corrected chi connectivity index (χ0v) is 15.9. The third-order valence-electron chi connectivity index (χ3n) is 3.08. The Bertz CT molecular complexity index is 933. The smallest absolute Gasteiger partial charge is 0.262 e. The van der Waals surface area contributed by atoms with Gasteiger partial charge in [0.2, 0.25) is 0 Å². The molecule has 0 amide bonds. The van der Waals surface area contributed by atoms with Crippen LogP contribution >= 0.6 is 0 Å². The highest BCUT2D eigenvalue weighted by Gasteiger charge is 2.09. The lowest BCUT2D eigenvalue weighted by Gasteiger charge is -2.07. The molecule has 2 aromatic rings. The minimum atomic E-state index is -4.10. The monoisotopic (exact) mass is 396 g/mol. The van der Waals surface area contributed by atoms with Gasteiger partial charge in [0.15, 0.2) is 0 Å². The van der Waals surface area contributed by atoms with Crippen molar-refractivity contribution in [1.82, 2.24) is 0 Å². The summed E-state index contributed by atoms with van der Waals surface area (Å²) >= 11 is 0. The predicted molar refractivity (Wildman–Crippen MR) is 97.3 cm³/mol. The number of methoxy groups -OCH3 is 1. The largest absolute Gasteiger partial charge is 0.435 e. The van der Waals surface area contributed by atoms with Gasteiger partial charge in [-0.15, -0.1) is 0 Å². The average molecular weight is 396 g/mol. The van der Waals surface area contributed by atoms with Gasteiger partial charge in [0.05, 0.1) is 22.9 Å². The molecular weight excluding hydrogens is 378 g/mol. The first-order valence-corrected chi connectivity index (χ1v) is 9.98. The van der Waals surface area contributed by atoms with E-state index in [4.69, 9.17) is 8.92 Å². The van der Waals surface area contributed by atoms with Crippen molar-refractivity contribution in [2.75, 3.05) is 20.3 Å². The molecule has 0 radical (unpaired) electrons. The molecule has 0 fully saturated rings. The zero-order chi connectivity index (χ0) is 19.0. The van der Waals surface area contributed by atoms with Crippen molar-refractivity contribution in [1.29, 1.82) is 0 Å². The molecule has 0 spiro atoms. The van der Waals surface area contributed by atoms with Crippen LogP contribution in [0.25, 0.3) is 0 Å². The third-order valence-corrected chi connectivity index (χ3v) is 5.59. The molecule has 2 aromatic carbocycles. The summed E-state index contributed by atoms with van der Waals surface area (Å²) < 4.78 is 48.3. The summed E-state index contributed by atoms with van der Waals surface area (Å²) in [6.07, 6.45) is 0. The molecule has 0 unspecified atom stereocenters. The van der Waals surface area contributed by atoms with Crippen LogP contribution in [0.3, 0.4) is 0 Å². The summed E-state index contributed by atoms with van der Waals surface area (Å²) in [7, 11) is -4.97. The van der Waals surface area contributed by atoms with Gasteiger partial charge in [0, 0.05) is 13.7 Å². The molecule has 26 heavy (non-hydrogen) atoms. The van der Waals surface area contributed by atoms with Crippen LogP contribution in [0.5, 0.6) is 0 Å². The molecule has 0 heterocycles. The van der Waals surface area contributed by atoms with Crippen molar-refractivity contribution in [3.8, 4) is 0 Å². The SMILES string of the molecule is COCCO[S-](=O)=NS(=O)(=O)c1ccc(N=Nc2ccc(C)cc2)cc1. The first-order valence-electron chi connectivity index (χ1n) is 7.51. The molecule has 0 saturated carbocycles. The van der Waals surface area contributed by atoms with E-state index >= 15 is 0 Å². The molecule has 0 bridgehead atoms. The third kappa shape index (κ3) is 6.30. The summed E-state index contributed by atoms with van der Waals surface area (Å²) in [5.41, 5.74) is 2.28. The van der Waals surface area contributed by atoms with Gasteiger partial charge in [-0.25, -0.2) is 8.42 Å². The minimum Gasteiger partial charge on any atom is -0.435 e. The summed E-state index contributed by atoms with van der Waals surface area (Å²) in [5.74, 6) is 0. The van der Waals surface area contributed by atoms with Gasteiger partial charge in [0.1, 0.15) is 0 Å². The number of hydrogen-bond acceptors (Lipinski definition) is 8. The highest BCUT2D eigenvalue weighted by molar-refractivity contribution is 7.95. The second-order valence-electron chi connectivity index (χ2n) is 5.11. The van der Waals surface area contributed by atoms with Crippen molar-refractivity contribution in [2.24, 2.45) is 14.0 Å².